The average molecular weight is 269 g/mol. The molecule has 106 valence electrons. The highest BCUT2D eigenvalue weighted by Gasteiger charge is 2.35. The van der Waals surface area contributed by atoms with E-state index in [1.165, 1.54) is 4.90 Å². The van der Waals surface area contributed by atoms with Gasteiger partial charge in [0, 0.05) is 19.5 Å². The van der Waals surface area contributed by atoms with Crippen LogP contribution in [0.25, 0.3) is 0 Å². The van der Waals surface area contributed by atoms with E-state index in [-0.39, 0.29) is 18.2 Å². The number of aliphatic carboxylic acids is 1. The Bertz CT molecular complexity index is 379. The minimum atomic E-state index is -1.07. The van der Waals surface area contributed by atoms with Crippen molar-refractivity contribution in [1.29, 1.82) is 0 Å². The number of carboxylic acid groups (broad SMARTS) is 1. The van der Waals surface area contributed by atoms with Gasteiger partial charge in [-0.15, -0.1) is 0 Å². The van der Waals surface area contributed by atoms with Crippen molar-refractivity contribution in [3.8, 4) is 0 Å². The van der Waals surface area contributed by atoms with Crippen LogP contribution in [0.15, 0.2) is 0 Å². The second-order valence-corrected chi connectivity index (χ2v) is 5.05. The van der Waals surface area contributed by atoms with Crippen molar-refractivity contribution < 1.29 is 19.5 Å². The van der Waals surface area contributed by atoms with Crippen molar-refractivity contribution in [3.63, 3.8) is 0 Å². The lowest BCUT2D eigenvalue weighted by molar-refractivity contribution is -0.149. The molecule has 0 aliphatic carbocycles. The van der Waals surface area contributed by atoms with Crippen LogP contribution in [0.3, 0.4) is 0 Å². The molecule has 2 saturated heterocycles. The van der Waals surface area contributed by atoms with Crippen LogP contribution in [0.2, 0.25) is 0 Å². The molecule has 2 aliphatic rings. The average Bonchev–Trinajstić information content (AvgIpc) is 2.84. The van der Waals surface area contributed by atoms with E-state index in [1.54, 1.807) is 0 Å². The lowest BCUT2D eigenvalue weighted by atomic mass is 10.0. The van der Waals surface area contributed by atoms with Crippen molar-refractivity contribution in [2.24, 2.45) is 5.92 Å². The predicted molar refractivity (Wildman–Crippen MR) is 66.4 cm³/mol. The Labute approximate surface area is 111 Å². The Balaban J connectivity index is 1.99. The smallest absolute Gasteiger partial charge is 0.305 e. The molecule has 0 bridgehead atoms. The fourth-order valence-corrected chi connectivity index (χ4v) is 2.63. The normalized spacial score (nSPS) is 27.2. The molecule has 0 saturated carbocycles. The SMILES string of the molecule is O=C(O)CC1C(=O)NCCN1C(=O)CC1CCNC1. The molecule has 2 aliphatic heterocycles. The van der Waals surface area contributed by atoms with E-state index in [1.807, 2.05) is 0 Å². The van der Waals surface area contributed by atoms with Crippen LogP contribution < -0.4 is 10.6 Å². The highest BCUT2D eigenvalue weighted by molar-refractivity contribution is 5.91. The van der Waals surface area contributed by atoms with Gasteiger partial charge in [0.25, 0.3) is 0 Å². The zero-order valence-electron chi connectivity index (χ0n) is 10.7. The van der Waals surface area contributed by atoms with Crippen molar-refractivity contribution in [3.05, 3.63) is 0 Å². The highest BCUT2D eigenvalue weighted by atomic mass is 16.4. The third kappa shape index (κ3) is 3.44. The molecule has 2 unspecified atom stereocenters. The van der Waals surface area contributed by atoms with Gasteiger partial charge >= 0.3 is 5.97 Å². The zero-order valence-corrected chi connectivity index (χ0v) is 10.7. The minimum absolute atomic E-state index is 0.116. The van der Waals surface area contributed by atoms with E-state index < -0.39 is 12.0 Å². The Kier molecular flexibility index (Phi) is 4.36. The van der Waals surface area contributed by atoms with Crippen molar-refractivity contribution in [2.75, 3.05) is 26.2 Å². The number of hydrogen-bond donors (Lipinski definition) is 3. The summed E-state index contributed by atoms with van der Waals surface area (Å²) in [5.41, 5.74) is 0. The number of piperazine rings is 1. The lowest BCUT2D eigenvalue weighted by Crippen LogP contribution is -2.58. The van der Waals surface area contributed by atoms with E-state index in [4.69, 9.17) is 5.11 Å². The van der Waals surface area contributed by atoms with Gasteiger partial charge in [0.2, 0.25) is 11.8 Å². The minimum Gasteiger partial charge on any atom is -0.481 e. The Hall–Kier alpha value is -1.63. The number of amides is 2. The summed E-state index contributed by atoms with van der Waals surface area (Å²) in [7, 11) is 0. The van der Waals surface area contributed by atoms with E-state index in [0.29, 0.717) is 25.4 Å². The van der Waals surface area contributed by atoms with Gasteiger partial charge in [0.1, 0.15) is 6.04 Å². The lowest BCUT2D eigenvalue weighted by Gasteiger charge is -2.34. The quantitative estimate of drug-likeness (QED) is 0.594. The summed E-state index contributed by atoms with van der Waals surface area (Å²) < 4.78 is 0. The molecule has 0 aromatic heterocycles. The molecule has 2 amide bonds. The van der Waals surface area contributed by atoms with E-state index in [9.17, 15) is 14.4 Å². The summed E-state index contributed by atoms with van der Waals surface area (Å²) >= 11 is 0. The van der Waals surface area contributed by atoms with Gasteiger partial charge in [0.15, 0.2) is 0 Å². The number of nitrogens with zero attached hydrogens (tertiary/aromatic N) is 1. The van der Waals surface area contributed by atoms with Crippen LogP contribution in [-0.4, -0.2) is 60.0 Å². The molecule has 0 spiro atoms. The molecule has 3 N–H and O–H groups in total. The number of hydrogen-bond acceptors (Lipinski definition) is 4. The monoisotopic (exact) mass is 269 g/mol. The topological polar surface area (TPSA) is 98.7 Å². The predicted octanol–water partition coefficient (Wildman–Crippen LogP) is -1.21. The van der Waals surface area contributed by atoms with Crippen LogP contribution in [-0.2, 0) is 14.4 Å². The van der Waals surface area contributed by atoms with Gasteiger partial charge < -0.3 is 20.6 Å². The number of carboxylic acids is 1. The molecule has 2 heterocycles. The van der Waals surface area contributed by atoms with Crippen LogP contribution in [0.4, 0.5) is 0 Å². The fourth-order valence-electron chi connectivity index (χ4n) is 2.63. The molecule has 7 heteroatoms. The fraction of sp³-hybridized carbons (Fsp3) is 0.750. The first-order valence-electron chi connectivity index (χ1n) is 6.57. The first-order chi connectivity index (χ1) is 9.08. The molecule has 7 nitrogen and oxygen atoms in total. The van der Waals surface area contributed by atoms with E-state index in [0.717, 1.165) is 19.5 Å². The first kappa shape index (κ1) is 13.8. The van der Waals surface area contributed by atoms with Crippen molar-refractivity contribution in [1.82, 2.24) is 15.5 Å². The molecular formula is C12H19N3O4. The van der Waals surface area contributed by atoms with E-state index >= 15 is 0 Å². The molecule has 2 fully saturated rings. The molecular weight excluding hydrogens is 250 g/mol. The first-order valence-corrected chi connectivity index (χ1v) is 6.57. The Morgan fingerprint density at radius 1 is 1.32 bits per heavy atom. The summed E-state index contributed by atoms with van der Waals surface area (Å²) in [4.78, 5) is 36.1. The van der Waals surface area contributed by atoms with Gasteiger partial charge in [-0.3, -0.25) is 14.4 Å². The molecule has 0 radical (unpaired) electrons. The molecule has 19 heavy (non-hydrogen) atoms. The van der Waals surface area contributed by atoms with Crippen molar-refractivity contribution >= 4 is 17.8 Å². The number of nitrogens with one attached hydrogen (secondary N) is 2. The number of rotatable bonds is 4. The van der Waals surface area contributed by atoms with Gasteiger partial charge in [-0.2, -0.15) is 0 Å². The summed E-state index contributed by atoms with van der Waals surface area (Å²) in [5.74, 6) is -1.26. The summed E-state index contributed by atoms with van der Waals surface area (Å²) in [6.45, 7) is 2.51. The largest absolute Gasteiger partial charge is 0.481 e. The van der Waals surface area contributed by atoms with Crippen LogP contribution in [0.5, 0.6) is 0 Å². The summed E-state index contributed by atoms with van der Waals surface area (Å²) in [6.07, 6.45) is 1.01. The van der Waals surface area contributed by atoms with Crippen LogP contribution >= 0.6 is 0 Å². The maximum Gasteiger partial charge on any atom is 0.305 e. The summed E-state index contributed by atoms with van der Waals surface area (Å²) in [6, 6.07) is -0.867. The second-order valence-electron chi connectivity index (χ2n) is 5.05. The number of carbonyl (C=O) groups excluding carboxylic acids is 2. The molecule has 2 atom stereocenters. The second kappa shape index (κ2) is 6.01. The molecule has 0 aromatic rings. The third-order valence-electron chi connectivity index (χ3n) is 3.64. The maximum atomic E-state index is 12.2. The standard InChI is InChI=1S/C12H19N3O4/c16-10(5-8-1-2-13-7-8)15-4-3-14-12(19)9(15)6-11(17)18/h8-9,13H,1-7H2,(H,14,19)(H,17,18). The third-order valence-corrected chi connectivity index (χ3v) is 3.64. The van der Waals surface area contributed by atoms with Gasteiger partial charge in [-0.25, -0.2) is 0 Å². The Morgan fingerprint density at radius 2 is 2.11 bits per heavy atom. The summed E-state index contributed by atoms with van der Waals surface area (Å²) in [5, 5.41) is 14.6. The Morgan fingerprint density at radius 3 is 2.74 bits per heavy atom. The van der Waals surface area contributed by atoms with Crippen LogP contribution in [0, 0.1) is 5.92 Å². The molecule has 0 aromatic carbocycles. The highest BCUT2D eigenvalue weighted by Crippen LogP contribution is 2.17. The maximum absolute atomic E-state index is 12.2. The molecule has 2 rings (SSSR count). The van der Waals surface area contributed by atoms with E-state index in [2.05, 4.69) is 10.6 Å². The van der Waals surface area contributed by atoms with Gasteiger partial charge in [0.05, 0.1) is 6.42 Å². The van der Waals surface area contributed by atoms with Crippen molar-refractivity contribution in [2.45, 2.75) is 25.3 Å². The zero-order chi connectivity index (χ0) is 13.8. The van der Waals surface area contributed by atoms with Gasteiger partial charge in [-0.1, -0.05) is 0 Å². The van der Waals surface area contributed by atoms with Gasteiger partial charge in [-0.05, 0) is 25.4 Å². The van der Waals surface area contributed by atoms with Crippen LogP contribution in [0.1, 0.15) is 19.3 Å². The number of carbonyl (C=O) groups is 3.